The molecule has 0 atom stereocenters. The molecular formula is C18H28N6O3. The Bertz CT molecular complexity index is 774. The lowest BCUT2D eigenvalue weighted by Crippen LogP contribution is -2.52. The zero-order chi connectivity index (χ0) is 19.8. The van der Waals surface area contributed by atoms with Crippen LogP contribution in [0.4, 0.5) is 4.79 Å². The summed E-state index contributed by atoms with van der Waals surface area (Å²) in [5.74, 6) is 0.757. The van der Waals surface area contributed by atoms with Crippen molar-refractivity contribution < 1.29 is 14.0 Å². The fourth-order valence-corrected chi connectivity index (χ4v) is 3.66. The minimum atomic E-state index is -0.721. The van der Waals surface area contributed by atoms with E-state index >= 15 is 0 Å². The maximum atomic E-state index is 12.8. The van der Waals surface area contributed by atoms with Crippen LogP contribution in [0.5, 0.6) is 0 Å². The van der Waals surface area contributed by atoms with E-state index in [0.717, 1.165) is 43.1 Å². The van der Waals surface area contributed by atoms with Crippen molar-refractivity contribution in [3.05, 3.63) is 22.6 Å². The van der Waals surface area contributed by atoms with E-state index < -0.39 is 6.03 Å². The quantitative estimate of drug-likeness (QED) is 0.676. The number of nitrogens with zero attached hydrogens (tertiary/aromatic N) is 3. The van der Waals surface area contributed by atoms with Gasteiger partial charge in [-0.05, 0) is 25.8 Å². The van der Waals surface area contributed by atoms with Gasteiger partial charge in [-0.15, -0.1) is 0 Å². The molecule has 1 aromatic rings. The van der Waals surface area contributed by atoms with Crippen LogP contribution in [-0.4, -0.2) is 60.8 Å². The maximum absolute atomic E-state index is 12.8. The van der Waals surface area contributed by atoms with E-state index in [-0.39, 0.29) is 11.3 Å². The van der Waals surface area contributed by atoms with Gasteiger partial charge >= 0.3 is 11.9 Å². The molecule has 0 saturated carbocycles. The van der Waals surface area contributed by atoms with Crippen molar-refractivity contribution in [3.8, 4) is 0 Å². The zero-order valence-electron chi connectivity index (χ0n) is 16.4. The number of fused-ring (bicyclic) bond motifs is 1. The molecule has 1 aromatic heterocycles. The van der Waals surface area contributed by atoms with Gasteiger partial charge < -0.3 is 15.1 Å². The van der Waals surface area contributed by atoms with Crippen LogP contribution in [0.15, 0.2) is 9.52 Å². The summed E-state index contributed by atoms with van der Waals surface area (Å²) < 4.78 is 5.96. The molecule has 9 heteroatoms. The molecule has 0 radical (unpaired) electrons. The van der Waals surface area contributed by atoms with E-state index in [9.17, 15) is 9.59 Å². The summed E-state index contributed by atoms with van der Waals surface area (Å²) in [5, 5.41) is 6.08. The first-order valence-electron chi connectivity index (χ1n) is 9.15. The number of nitrogens with two attached hydrogens (primary N) is 1. The molecule has 0 unspecified atom stereocenters. The van der Waals surface area contributed by atoms with Crippen molar-refractivity contribution in [2.75, 3.05) is 33.2 Å². The number of rotatable bonds is 3. The predicted octanol–water partition coefficient (Wildman–Crippen LogP) is 0.825. The van der Waals surface area contributed by atoms with Crippen LogP contribution in [0.3, 0.4) is 0 Å². The van der Waals surface area contributed by atoms with Crippen LogP contribution in [0, 0.1) is 12.3 Å². The SMILES string of the molecule is Cc1c(C(=O)NN2CCN(C)CC2)oc2c1/C(=N\NC(N)=O)CC(C)(C)C2. The van der Waals surface area contributed by atoms with Crippen molar-refractivity contribution in [3.63, 3.8) is 0 Å². The summed E-state index contributed by atoms with van der Waals surface area (Å²) in [4.78, 5) is 26.1. The number of nitrogens with one attached hydrogen (secondary N) is 2. The number of carbonyl (C=O) groups excluding carboxylic acids is 2. The smallest absolute Gasteiger partial charge is 0.332 e. The standard InChI is InChI=1S/C18H28N6O3/c1-11-14-12(20-21-17(19)26)9-18(2,3)10-13(14)27-15(11)16(25)22-24-7-5-23(4)6-8-24/h5-10H2,1-4H3,(H,22,25)(H3,19,21,26)/b20-12-. The van der Waals surface area contributed by atoms with Gasteiger partial charge in [0.2, 0.25) is 0 Å². The van der Waals surface area contributed by atoms with Crippen LogP contribution in [0.25, 0.3) is 0 Å². The van der Waals surface area contributed by atoms with Crippen LogP contribution in [0.2, 0.25) is 0 Å². The van der Waals surface area contributed by atoms with E-state index in [4.69, 9.17) is 10.2 Å². The summed E-state index contributed by atoms with van der Waals surface area (Å²) in [6, 6.07) is -0.721. The maximum Gasteiger partial charge on any atom is 0.332 e. The summed E-state index contributed by atoms with van der Waals surface area (Å²) in [5.41, 5.74) is 12.5. The van der Waals surface area contributed by atoms with Crippen molar-refractivity contribution in [2.24, 2.45) is 16.3 Å². The molecule has 0 bridgehead atoms. The second-order valence-corrected chi connectivity index (χ2v) is 8.14. The van der Waals surface area contributed by atoms with Crippen molar-refractivity contribution >= 4 is 17.6 Å². The lowest BCUT2D eigenvalue weighted by Gasteiger charge is -2.32. The van der Waals surface area contributed by atoms with Gasteiger partial charge in [-0.25, -0.2) is 15.2 Å². The lowest BCUT2D eigenvalue weighted by atomic mass is 9.75. The number of furan rings is 1. The molecule has 3 amide bonds. The Morgan fingerprint density at radius 2 is 1.85 bits per heavy atom. The van der Waals surface area contributed by atoms with Crippen molar-refractivity contribution in [1.29, 1.82) is 0 Å². The number of carbonyl (C=O) groups is 2. The average Bonchev–Trinajstić information content (AvgIpc) is 2.90. The second-order valence-electron chi connectivity index (χ2n) is 8.14. The zero-order valence-corrected chi connectivity index (χ0v) is 16.4. The monoisotopic (exact) mass is 376 g/mol. The molecule has 1 aliphatic heterocycles. The topological polar surface area (TPSA) is 116 Å². The van der Waals surface area contributed by atoms with Crippen LogP contribution < -0.4 is 16.6 Å². The van der Waals surface area contributed by atoms with E-state index in [2.05, 4.69) is 41.7 Å². The summed E-state index contributed by atoms with van der Waals surface area (Å²) in [6.45, 7) is 9.37. The summed E-state index contributed by atoms with van der Waals surface area (Å²) >= 11 is 0. The van der Waals surface area contributed by atoms with E-state index in [1.165, 1.54) is 0 Å². The molecule has 148 valence electrons. The Hall–Kier alpha value is -2.39. The number of piperazine rings is 1. The molecule has 27 heavy (non-hydrogen) atoms. The van der Waals surface area contributed by atoms with E-state index in [1.807, 2.05) is 11.9 Å². The third-order valence-corrected chi connectivity index (χ3v) is 5.06. The first-order valence-corrected chi connectivity index (χ1v) is 9.15. The molecule has 4 N–H and O–H groups in total. The molecule has 1 saturated heterocycles. The van der Waals surface area contributed by atoms with Gasteiger partial charge in [0.05, 0.1) is 5.71 Å². The summed E-state index contributed by atoms with van der Waals surface area (Å²) in [7, 11) is 2.06. The predicted molar refractivity (Wildman–Crippen MR) is 101 cm³/mol. The van der Waals surface area contributed by atoms with Gasteiger partial charge in [-0.3, -0.25) is 10.2 Å². The Labute approximate surface area is 158 Å². The molecule has 1 fully saturated rings. The molecule has 2 aliphatic rings. The van der Waals surface area contributed by atoms with E-state index in [0.29, 0.717) is 24.3 Å². The average molecular weight is 376 g/mol. The highest BCUT2D eigenvalue weighted by Crippen LogP contribution is 2.38. The molecule has 0 spiro atoms. The molecular weight excluding hydrogens is 348 g/mol. The van der Waals surface area contributed by atoms with Gasteiger partial charge in [0, 0.05) is 43.7 Å². The normalized spacial score (nSPS) is 21.7. The number of likely N-dealkylation sites (N-methyl/N-ethyl adjacent to an activating group) is 1. The Kier molecular flexibility index (Phi) is 5.25. The largest absolute Gasteiger partial charge is 0.455 e. The first-order chi connectivity index (χ1) is 12.7. The first kappa shape index (κ1) is 19.4. The second kappa shape index (κ2) is 7.32. The fraction of sp³-hybridized carbons (Fsp3) is 0.611. The summed E-state index contributed by atoms with van der Waals surface area (Å²) in [6.07, 6.45) is 1.35. The minimum Gasteiger partial charge on any atom is -0.455 e. The van der Waals surface area contributed by atoms with Crippen LogP contribution in [0.1, 0.15) is 47.7 Å². The number of primary amides is 1. The number of hydrazine groups is 1. The van der Waals surface area contributed by atoms with Crippen LogP contribution in [-0.2, 0) is 6.42 Å². The molecule has 1 aliphatic carbocycles. The van der Waals surface area contributed by atoms with Gasteiger partial charge in [0.1, 0.15) is 5.76 Å². The molecule has 3 rings (SSSR count). The number of urea groups is 1. The molecule has 0 aromatic carbocycles. The number of hydrazone groups is 1. The Morgan fingerprint density at radius 1 is 1.19 bits per heavy atom. The van der Waals surface area contributed by atoms with Gasteiger partial charge in [-0.2, -0.15) is 5.10 Å². The van der Waals surface area contributed by atoms with Gasteiger partial charge in [-0.1, -0.05) is 13.8 Å². The Morgan fingerprint density at radius 3 is 2.48 bits per heavy atom. The number of amides is 3. The third-order valence-electron chi connectivity index (χ3n) is 5.06. The van der Waals surface area contributed by atoms with Crippen molar-refractivity contribution in [1.82, 2.24) is 20.8 Å². The van der Waals surface area contributed by atoms with Gasteiger partial charge in [0.15, 0.2) is 5.76 Å². The number of hydrogen-bond acceptors (Lipinski definition) is 6. The molecule has 2 heterocycles. The minimum absolute atomic E-state index is 0.0966. The van der Waals surface area contributed by atoms with Crippen LogP contribution >= 0.6 is 0 Å². The third kappa shape index (κ3) is 4.30. The van der Waals surface area contributed by atoms with Gasteiger partial charge in [0.25, 0.3) is 0 Å². The highest BCUT2D eigenvalue weighted by atomic mass is 16.4. The fourth-order valence-electron chi connectivity index (χ4n) is 3.66. The molecule has 9 nitrogen and oxygen atoms in total. The highest BCUT2D eigenvalue weighted by Gasteiger charge is 2.36. The lowest BCUT2D eigenvalue weighted by molar-refractivity contribution is 0.0633. The number of hydrogen-bond donors (Lipinski definition) is 3. The Balaban J connectivity index is 1.86. The van der Waals surface area contributed by atoms with E-state index in [1.54, 1.807) is 0 Å². The van der Waals surface area contributed by atoms with Crippen molar-refractivity contribution in [2.45, 2.75) is 33.6 Å². The highest BCUT2D eigenvalue weighted by molar-refractivity contribution is 6.07.